The molecule has 154 valence electrons. The van der Waals surface area contributed by atoms with Gasteiger partial charge < -0.3 is 4.43 Å². The maximum atomic E-state index is 12.5. The van der Waals surface area contributed by atoms with Crippen molar-refractivity contribution in [2.75, 3.05) is 11.3 Å². The second kappa shape index (κ2) is 8.99. The Balaban J connectivity index is 1.91. The molecule has 0 atom stereocenters. The molecule has 2 aromatic carbocycles. The Morgan fingerprint density at radius 1 is 1.00 bits per heavy atom. The molecule has 0 aliphatic heterocycles. The van der Waals surface area contributed by atoms with Crippen LogP contribution in [0.4, 0.5) is 5.69 Å². The fourth-order valence-corrected chi connectivity index (χ4v) is 4.66. The molecule has 28 heavy (non-hydrogen) atoms. The van der Waals surface area contributed by atoms with Gasteiger partial charge in [0.05, 0.1) is 4.90 Å². The zero-order valence-corrected chi connectivity index (χ0v) is 19.8. The van der Waals surface area contributed by atoms with E-state index in [1.165, 1.54) is 0 Å². The van der Waals surface area contributed by atoms with Crippen molar-refractivity contribution in [3.63, 3.8) is 0 Å². The molecule has 4 nitrogen and oxygen atoms in total. The highest BCUT2D eigenvalue weighted by atomic mass is 35.5. The number of hydrogen-bond acceptors (Lipinski definition) is 3. The lowest BCUT2D eigenvalue weighted by Gasteiger charge is -2.36. The van der Waals surface area contributed by atoms with Crippen LogP contribution >= 0.6 is 11.6 Å². The monoisotopic (exact) mass is 439 g/mol. The van der Waals surface area contributed by atoms with E-state index < -0.39 is 18.3 Å². The first-order valence-electron chi connectivity index (χ1n) is 9.42. The Labute approximate surface area is 175 Å². The molecule has 0 aliphatic carbocycles. The molecule has 2 aromatic rings. The van der Waals surface area contributed by atoms with Gasteiger partial charge in [-0.2, -0.15) is 0 Å². The van der Waals surface area contributed by atoms with Gasteiger partial charge in [-0.3, -0.25) is 4.72 Å². The number of sulfonamides is 1. The van der Waals surface area contributed by atoms with Crippen molar-refractivity contribution in [2.45, 2.75) is 56.6 Å². The van der Waals surface area contributed by atoms with Gasteiger partial charge in [0.15, 0.2) is 8.32 Å². The van der Waals surface area contributed by atoms with Crippen LogP contribution in [0.25, 0.3) is 0 Å². The average Bonchev–Trinajstić information content (AvgIpc) is 2.60. The smallest absolute Gasteiger partial charge is 0.261 e. The van der Waals surface area contributed by atoms with Gasteiger partial charge in [0.1, 0.15) is 0 Å². The summed E-state index contributed by atoms with van der Waals surface area (Å²) in [7, 11) is -5.33. The number of rotatable bonds is 8. The van der Waals surface area contributed by atoms with E-state index in [4.69, 9.17) is 16.0 Å². The molecule has 7 heteroatoms. The molecule has 0 unspecified atom stereocenters. The Morgan fingerprint density at radius 3 is 2.11 bits per heavy atom. The molecule has 0 aromatic heterocycles. The maximum absolute atomic E-state index is 12.5. The van der Waals surface area contributed by atoms with Gasteiger partial charge in [-0.05, 0) is 72.9 Å². The molecule has 0 heterocycles. The first-order chi connectivity index (χ1) is 12.9. The highest BCUT2D eigenvalue weighted by Gasteiger charge is 2.36. The molecular weight excluding hydrogens is 410 g/mol. The summed E-state index contributed by atoms with van der Waals surface area (Å²) in [6.07, 6.45) is 1.78. The minimum atomic E-state index is -3.62. The first kappa shape index (κ1) is 22.9. The summed E-state index contributed by atoms with van der Waals surface area (Å²) in [6.45, 7) is 11.9. The van der Waals surface area contributed by atoms with Crippen LogP contribution in [0.3, 0.4) is 0 Å². The fourth-order valence-electron chi connectivity index (χ4n) is 2.39. The average molecular weight is 440 g/mol. The highest BCUT2D eigenvalue weighted by Crippen LogP contribution is 2.36. The normalized spacial score (nSPS) is 12.8. The first-order valence-corrected chi connectivity index (χ1v) is 14.2. The fraction of sp³-hybridized carbons (Fsp3) is 0.429. The molecule has 2 rings (SSSR count). The topological polar surface area (TPSA) is 55.4 Å². The SMILES string of the molecule is CC(C)(C)[Si](C)(C)OCCCc1ccc(S(=O)(=O)Nc2ccc(Cl)cc2)cc1. The summed E-state index contributed by atoms with van der Waals surface area (Å²) in [4.78, 5) is 0.240. The second-order valence-electron chi connectivity index (χ2n) is 8.47. The lowest BCUT2D eigenvalue weighted by molar-refractivity contribution is 0.282. The number of aryl methyl sites for hydroxylation is 1. The van der Waals surface area contributed by atoms with E-state index in [1.54, 1.807) is 36.4 Å². The molecule has 1 N–H and O–H groups in total. The van der Waals surface area contributed by atoms with Gasteiger partial charge in [0, 0.05) is 17.3 Å². The zero-order valence-electron chi connectivity index (χ0n) is 17.3. The summed E-state index contributed by atoms with van der Waals surface area (Å²) in [5.74, 6) is 0. The Hall–Kier alpha value is -1.34. The van der Waals surface area contributed by atoms with Crippen LogP contribution in [0, 0.1) is 0 Å². The summed E-state index contributed by atoms with van der Waals surface area (Å²) in [6, 6.07) is 13.6. The van der Waals surface area contributed by atoms with Gasteiger partial charge in [-0.25, -0.2) is 8.42 Å². The van der Waals surface area contributed by atoms with Crippen LogP contribution in [0.5, 0.6) is 0 Å². The molecule has 0 saturated heterocycles. The molecule has 0 fully saturated rings. The van der Waals surface area contributed by atoms with Crippen LogP contribution < -0.4 is 4.72 Å². The lowest BCUT2D eigenvalue weighted by Crippen LogP contribution is -2.41. The highest BCUT2D eigenvalue weighted by molar-refractivity contribution is 7.92. The summed E-state index contributed by atoms with van der Waals surface area (Å²) < 4.78 is 33.8. The minimum Gasteiger partial charge on any atom is -0.417 e. The molecule has 0 aliphatic rings. The number of halogens is 1. The van der Waals surface area contributed by atoms with Gasteiger partial charge in [-0.1, -0.05) is 44.5 Å². The van der Waals surface area contributed by atoms with Gasteiger partial charge in [0.25, 0.3) is 10.0 Å². The van der Waals surface area contributed by atoms with Crippen LogP contribution in [0.1, 0.15) is 32.8 Å². The molecule has 0 spiro atoms. The van der Waals surface area contributed by atoms with Crippen molar-refractivity contribution >= 4 is 35.6 Å². The van der Waals surface area contributed by atoms with E-state index in [9.17, 15) is 8.42 Å². The molecule has 0 bridgehead atoms. The largest absolute Gasteiger partial charge is 0.417 e. The quantitative estimate of drug-likeness (QED) is 0.399. The van der Waals surface area contributed by atoms with Crippen LogP contribution in [-0.2, 0) is 20.9 Å². The number of anilines is 1. The van der Waals surface area contributed by atoms with E-state index >= 15 is 0 Å². The van der Waals surface area contributed by atoms with Crippen molar-refractivity contribution < 1.29 is 12.8 Å². The standard InChI is InChI=1S/C21H30ClNO3SSi/c1-21(2,3)28(4,5)26-16-6-7-17-8-14-20(15-9-17)27(24,25)23-19-12-10-18(22)11-13-19/h8-15,23H,6-7,16H2,1-5H3. The molecule has 0 saturated carbocycles. The van der Waals surface area contributed by atoms with Crippen molar-refractivity contribution in [3.05, 3.63) is 59.1 Å². The van der Waals surface area contributed by atoms with Gasteiger partial charge in [-0.15, -0.1) is 0 Å². The van der Waals surface area contributed by atoms with Crippen molar-refractivity contribution in [1.29, 1.82) is 0 Å². The third-order valence-corrected chi connectivity index (χ3v) is 11.4. The zero-order chi connectivity index (χ0) is 21.0. The molecule has 0 radical (unpaired) electrons. The third-order valence-electron chi connectivity index (χ3n) is 5.21. The van der Waals surface area contributed by atoms with E-state index in [2.05, 4.69) is 38.6 Å². The van der Waals surface area contributed by atoms with Gasteiger partial charge in [0.2, 0.25) is 0 Å². The van der Waals surface area contributed by atoms with Crippen molar-refractivity contribution in [1.82, 2.24) is 0 Å². The lowest BCUT2D eigenvalue weighted by atomic mass is 10.1. The number of nitrogens with one attached hydrogen (secondary N) is 1. The van der Waals surface area contributed by atoms with E-state index in [0.717, 1.165) is 25.0 Å². The third kappa shape index (κ3) is 6.34. The minimum absolute atomic E-state index is 0.208. The Morgan fingerprint density at radius 2 is 1.57 bits per heavy atom. The summed E-state index contributed by atoms with van der Waals surface area (Å²) in [5.41, 5.74) is 1.58. The number of hydrogen-bond donors (Lipinski definition) is 1. The van der Waals surface area contributed by atoms with Gasteiger partial charge >= 0.3 is 0 Å². The second-order valence-corrected chi connectivity index (χ2v) is 15.4. The molecule has 0 amide bonds. The van der Waals surface area contributed by atoms with Crippen LogP contribution in [-0.4, -0.2) is 23.3 Å². The maximum Gasteiger partial charge on any atom is 0.261 e. The predicted octanol–water partition coefficient (Wildman–Crippen LogP) is 6.10. The Kier molecular flexibility index (Phi) is 7.36. The Bertz CT molecular complexity index is 873. The van der Waals surface area contributed by atoms with Crippen LogP contribution in [0.2, 0.25) is 23.2 Å². The molecular formula is C21H30ClNO3SSi. The van der Waals surface area contributed by atoms with Crippen molar-refractivity contribution in [3.8, 4) is 0 Å². The summed E-state index contributed by atoms with van der Waals surface area (Å²) in [5, 5.41) is 0.768. The number of benzene rings is 2. The van der Waals surface area contributed by atoms with E-state index in [0.29, 0.717) is 10.7 Å². The van der Waals surface area contributed by atoms with Crippen LogP contribution in [0.15, 0.2) is 53.4 Å². The van der Waals surface area contributed by atoms with Crippen molar-refractivity contribution in [2.24, 2.45) is 0 Å². The summed E-state index contributed by atoms with van der Waals surface area (Å²) >= 11 is 5.83. The van der Waals surface area contributed by atoms with E-state index in [-0.39, 0.29) is 9.93 Å². The van der Waals surface area contributed by atoms with E-state index in [1.807, 2.05) is 12.1 Å². The predicted molar refractivity (Wildman–Crippen MR) is 120 cm³/mol.